The second kappa shape index (κ2) is 10.5. The molecule has 31 heavy (non-hydrogen) atoms. The van der Waals surface area contributed by atoms with E-state index in [1.54, 1.807) is 0 Å². The van der Waals surface area contributed by atoms with Gasteiger partial charge in [-0.3, -0.25) is 4.90 Å². The van der Waals surface area contributed by atoms with Crippen molar-refractivity contribution < 1.29 is 17.9 Å². The Hall–Kier alpha value is -2.78. The number of anilines is 1. The van der Waals surface area contributed by atoms with E-state index in [0.717, 1.165) is 38.3 Å². The predicted octanol–water partition coefficient (Wildman–Crippen LogP) is 3.65. The smallest absolute Gasteiger partial charge is 0.406 e. The number of nitrogens with one attached hydrogen (secondary N) is 1. The van der Waals surface area contributed by atoms with Gasteiger partial charge in [0, 0.05) is 25.3 Å². The summed E-state index contributed by atoms with van der Waals surface area (Å²) in [6, 6.07) is 13.6. The van der Waals surface area contributed by atoms with Crippen molar-refractivity contribution in [3.8, 4) is 5.75 Å². The normalized spacial score (nSPS) is 16.7. The van der Waals surface area contributed by atoms with E-state index in [9.17, 15) is 13.2 Å². The van der Waals surface area contributed by atoms with E-state index in [4.69, 9.17) is 5.73 Å². The van der Waals surface area contributed by atoms with Gasteiger partial charge in [-0.05, 0) is 62.0 Å². The van der Waals surface area contributed by atoms with Crippen LogP contribution < -0.4 is 15.8 Å². The van der Waals surface area contributed by atoms with E-state index in [1.807, 2.05) is 12.1 Å². The van der Waals surface area contributed by atoms with Crippen molar-refractivity contribution in [1.29, 1.82) is 0 Å². The molecule has 0 unspecified atom stereocenters. The summed E-state index contributed by atoms with van der Waals surface area (Å²) in [4.78, 5) is 9.13. The second-order valence-electron chi connectivity index (χ2n) is 7.65. The molecular formula is C22H28F3N5O. The summed E-state index contributed by atoms with van der Waals surface area (Å²) >= 11 is 0. The zero-order valence-electron chi connectivity index (χ0n) is 17.5. The first kappa shape index (κ1) is 22.9. The highest BCUT2D eigenvalue weighted by Crippen LogP contribution is 2.23. The molecule has 1 aliphatic rings. The first-order valence-electron chi connectivity index (χ1n) is 10.2. The van der Waals surface area contributed by atoms with Gasteiger partial charge in [0.1, 0.15) is 5.75 Å². The van der Waals surface area contributed by atoms with E-state index in [2.05, 4.69) is 44.0 Å². The number of hydrogen-bond donors (Lipinski definition) is 2. The van der Waals surface area contributed by atoms with Crippen LogP contribution in [0.1, 0.15) is 17.5 Å². The van der Waals surface area contributed by atoms with Crippen LogP contribution in [0, 0.1) is 0 Å². The Bertz CT molecular complexity index is 853. The lowest BCUT2D eigenvalue weighted by atomic mass is 10.1. The van der Waals surface area contributed by atoms with Gasteiger partial charge in [-0.15, -0.1) is 13.2 Å². The van der Waals surface area contributed by atoms with Crippen LogP contribution in [0.4, 0.5) is 18.9 Å². The fourth-order valence-corrected chi connectivity index (χ4v) is 3.37. The van der Waals surface area contributed by atoms with Crippen LogP contribution in [0.25, 0.3) is 0 Å². The number of nitrogens with zero attached hydrogens (tertiary/aromatic N) is 3. The fourth-order valence-electron chi connectivity index (χ4n) is 3.37. The first-order valence-corrected chi connectivity index (χ1v) is 10.2. The molecule has 2 aromatic carbocycles. The van der Waals surface area contributed by atoms with Gasteiger partial charge >= 0.3 is 6.36 Å². The minimum Gasteiger partial charge on any atom is -0.406 e. The van der Waals surface area contributed by atoms with Crippen LogP contribution in [0.3, 0.4) is 0 Å². The molecule has 1 fully saturated rings. The van der Waals surface area contributed by atoms with E-state index >= 15 is 0 Å². The van der Waals surface area contributed by atoms with Crippen molar-refractivity contribution in [3.63, 3.8) is 0 Å². The summed E-state index contributed by atoms with van der Waals surface area (Å²) in [6.45, 7) is 5.78. The molecule has 9 heteroatoms. The van der Waals surface area contributed by atoms with Crippen LogP contribution in [0.5, 0.6) is 5.75 Å². The predicted molar refractivity (Wildman–Crippen MR) is 116 cm³/mol. The van der Waals surface area contributed by atoms with E-state index in [1.165, 1.54) is 36.2 Å². The number of guanidine groups is 1. The van der Waals surface area contributed by atoms with Crippen molar-refractivity contribution in [2.75, 3.05) is 38.5 Å². The van der Waals surface area contributed by atoms with Crippen molar-refractivity contribution in [3.05, 3.63) is 59.7 Å². The molecule has 0 radical (unpaired) electrons. The molecule has 6 nitrogen and oxygen atoms in total. The third kappa shape index (κ3) is 8.10. The van der Waals surface area contributed by atoms with Crippen LogP contribution in [-0.2, 0) is 13.1 Å². The van der Waals surface area contributed by atoms with Crippen LogP contribution in [0.15, 0.2) is 53.5 Å². The lowest BCUT2D eigenvalue weighted by Crippen LogP contribution is -2.28. The second-order valence-corrected chi connectivity index (χ2v) is 7.65. The van der Waals surface area contributed by atoms with Gasteiger partial charge in [0.2, 0.25) is 0 Å². The lowest BCUT2D eigenvalue weighted by molar-refractivity contribution is -0.274. The average Bonchev–Trinajstić information content (AvgIpc) is 2.92. The van der Waals surface area contributed by atoms with Crippen molar-refractivity contribution in [1.82, 2.24) is 9.80 Å². The molecule has 1 aliphatic heterocycles. The Labute approximate surface area is 180 Å². The molecule has 1 saturated heterocycles. The minimum absolute atomic E-state index is 0.183. The van der Waals surface area contributed by atoms with E-state index < -0.39 is 6.36 Å². The van der Waals surface area contributed by atoms with Crippen molar-refractivity contribution in [2.45, 2.75) is 25.9 Å². The number of hydrogen-bond acceptors (Lipinski definition) is 4. The van der Waals surface area contributed by atoms with Gasteiger partial charge in [-0.1, -0.05) is 24.3 Å². The topological polar surface area (TPSA) is 66.1 Å². The number of aliphatic imine (C=N–C) groups is 1. The van der Waals surface area contributed by atoms with Crippen molar-refractivity contribution in [2.24, 2.45) is 10.7 Å². The Kier molecular flexibility index (Phi) is 7.75. The number of rotatable bonds is 6. The highest BCUT2D eigenvalue weighted by molar-refractivity contribution is 5.92. The third-order valence-corrected chi connectivity index (χ3v) is 5.03. The molecule has 2 aromatic rings. The van der Waals surface area contributed by atoms with Gasteiger partial charge in [0.15, 0.2) is 5.96 Å². The highest BCUT2D eigenvalue weighted by Gasteiger charge is 2.30. The standard InChI is InChI=1S/C22H28F3N5O/c1-29-11-2-12-30(14-13-29)16-18-5-3-17(4-6-18)15-27-21(26)28-19-7-9-20(10-8-19)31-22(23,24)25/h3-10H,2,11-16H2,1H3,(H3,26,27,28). The number of alkyl halides is 3. The first-order chi connectivity index (χ1) is 14.8. The number of nitrogens with two attached hydrogens (primary N) is 1. The molecule has 0 atom stereocenters. The number of halogens is 3. The fraction of sp³-hybridized carbons (Fsp3) is 0.409. The quantitative estimate of drug-likeness (QED) is 0.536. The molecule has 0 aliphatic carbocycles. The maximum atomic E-state index is 12.2. The van der Waals surface area contributed by atoms with Crippen LogP contribution in [-0.4, -0.2) is 55.3 Å². The Morgan fingerprint density at radius 1 is 1.00 bits per heavy atom. The Balaban J connectivity index is 1.48. The molecular weight excluding hydrogens is 407 g/mol. The number of likely N-dealkylation sites (N-methyl/N-ethyl adjacent to an activating group) is 1. The number of benzene rings is 2. The Morgan fingerprint density at radius 3 is 2.35 bits per heavy atom. The van der Waals surface area contributed by atoms with Crippen LogP contribution in [0.2, 0.25) is 0 Å². The van der Waals surface area contributed by atoms with Gasteiger partial charge in [-0.25, -0.2) is 4.99 Å². The molecule has 0 aromatic heterocycles. The minimum atomic E-state index is -4.71. The van der Waals surface area contributed by atoms with E-state index in [0.29, 0.717) is 12.2 Å². The molecule has 0 spiro atoms. The summed E-state index contributed by atoms with van der Waals surface area (Å²) in [6.07, 6.45) is -3.53. The van der Waals surface area contributed by atoms with Gasteiger partial charge in [0.25, 0.3) is 0 Å². The van der Waals surface area contributed by atoms with Crippen LogP contribution >= 0.6 is 0 Å². The molecule has 1 heterocycles. The molecule has 3 rings (SSSR count). The maximum Gasteiger partial charge on any atom is 0.573 e. The summed E-state index contributed by atoms with van der Waals surface area (Å²) in [5, 5.41) is 2.86. The largest absolute Gasteiger partial charge is 0.573 e. The molecule has 3 N–H and O–H groups in total. The summed E-state index contributed by atoms with van der Waals surface area (Å²) in [5.74, 6) is -0.108. The Morgan fingerprint density at radius 2 is 1.68 bits per heavy atom. The molecule has 168 valence electrons. The van der Waals surface area contributed by atoms with Gasteiger partial charge < -0.3 is 20.7 Å². The molecule has 0 amide bonds. The lowest BCUT2D eigenvalue weighted by Gasteiger charge is -2.20. The van der Waals surface area contributed by atoms with Gasteiger partial charge in [-0.2, -0.15) is 0 Å². The van der Waals surface area contributed by atoms with E-state index in [-0.39, 0.29) is 11.7 Å². The third-order valence-electron chi connectivity index (χ3n) is 5.03. The summed E-state index contributed by atoms with van der Waals surface area (Å²) in [5.41, 5.74) is 8.71. The van der Waals surface area contributed by atoms with Crippen molar-refractivity contribution >= 4 is 11.6 Å². The zero-order chi connectivity index (χ0) is 22.3. The maximum absolute atomic E-state index is 12.2. The number of ether oxygens (including phenoxy) is 1. The SMILES string of the molecule is CN1CCCN(Cc2ccc(CN=C(N)Nc3ccc(OC(F)(F)F)cc3)cc2)CC1. The highest BCUT2D eigenvalue weighted by atomic mass is 19.4. The van der Waals surface area contributed by atoms with Gasteiger partial charge in [0.05, 0.1) is 6.54 Å². The average molecular weight is 435 g/mol. The zero-order valence-corrected chi connectivity index (χ0v) is 17.5. The monoisotopic (exact) mass is 435 g/mol. The summed E-state index contributed by atoms with van der Waals surface area (Å²) < 4.78 is 40.5. The molecule has 0 bridgehead atoms. The molecule has 0 saturated carbocycles. The summed E-state index contributed by atoms with van der Waals surface area (Å²) in [7, 11) is 2.16.